The van der Waals surface area contributed by atoms with Crippen molar-refractivity contribution in [2.24, 2.45) is 5.92 Å². The van der Waals surface area contributed by atoms with Crippen molar-refractivity contribution in [1.82, 2.24) is 0 Å². The van der Waals surface area contributed by atoms with Crippen molar-refractivity contribution in [3.63, 3.8) is 0 Å². The van der Waals surface area contributed by atoms with E-state index in [0.717, 1.165) is 25.2 Å². The molecule has 1 fully saturated rings. The van der Waals surface area contributed by atoms with Gasteiger partial charge in [-0.2, -0.15) is 0 Å². The topological polar surface area (TPSA) is 57.2 Å². The van der Waals surface area contributed by atoms with Gasteiger partial charge in [-0.25, -0.2) is 0 Å². The Morgan fingerprint density at radius 3 is 2.75 bits per heavy atom. The lowest BCUT2D eigenvalue weighted by Crippen LogP contribution is -2.14. The summed E-state index contributed by atoms with van der Waals surface area (Å²) in [6, 6.07) is 5.36. The van der Waals surface area contributed by atoms with Crippen molar-refractivity contribution in [3.05, 3.63) is 23.8 Å². The van der Waals surface area contributed by atoms with Crippen LogP contribution in [-0.2, 0) is 9.47 Å². The number of ether oxygens (including phenoxy) is 4. The first kappa shape index (κ1) is 15.1. The highest BCUT2D eigenvalue weighted by Crippen LogP contribution is 2.30. The average Bonchev–Trinajstić information content (AvgIpc) is 2.99. The molecule has 2 unspecified atom stereocenters. The van der Waals surface area contributed by atoms with Gasteiger partial charge in [-0.15, -0.1) is 0 Å². The van der Waals surface area contributed by atoms with Crippen LogP contribution in [0.4, 0.5) is 0 Å². The quantitative estimate of drug-likeness (QED) is 0.826. The van der Waals surface area contributed by atoms with Crippen LogP contribution in [0.3, 0.4) is 0 Å². The number of aliphatic hydroxyl groups excluding tert-OH is 1. The molecule has 1 saturated heterocycles. The second-order valence-corrected chi connectivity index (χ2v) is 4.90. The van der Waals surface area contributed by atoms with Gasteiger partial charge in [0.2, 0.25) is 0 Å². The summed E-state index contributed by atoms with van der Waals surface area (Å²) in [4.78, 5) is 0. The number of rotatable bonds is 7. The molecule has 20 heavy (non-hydrogen) atoms. The largest absolute Gasteiger partial charge is 0.493 e. The third-order valence-electron chi connectivity index (χ3n) is 3.45. The monoisotopic (exact) mass is 282 g/mol. The van der Waals surface area contributed by atoms with Gasteiger partial charge in [-0.3, -0.25) is 0 Å². The molecule has 112 valence electrons. The van der Waals surface area contributed by atoms with E-state index in [1.54, 1.807) is 26.4 Å². The first-order valence-corrected chi connectivity index (χ1v) is 6.80. The fourth-order valence-electron chi connectivity index (χ4n) is 2.22. The van der Waals surface area contributed by atoms with Crippen molar-refractivity contribution in [3.8, 4) is 11.5 Å². The number of hydrogen-bond donors (Lipinski definition) is 1. The van der Waals surface area contributed by atoms with Crippen molar-refractivity contribution in [1.29, 1.82) is 0 Å². The Bertz CT molecular complexity index is 415. The molecule has 0 bridgehead atoms. The van der Waals surface area contributed by atoms with Crippen LogP contribution >= 0.6 is 0 Å². The first-order chi connectivity index (χ1) is 9.74. The maximum Gasteiger partial charge on any atom is 0.161 e. The lowest BCUT2D eigenvalue weighted by molar-refractivity contribution is 0.0184. The molecule has 0 radical (unpaired) electrons. The first-order valence-electron chi connectivity index (χ1n) is 6.80. The van der Waals surface area contributed by atoms with Crippen LogP contribution < -0.4 is 9.47 Å². The summed E-state index contributed by atoms with van der Waals surface area (Å²) in [5, 5.41) is 10.1. The summed E-state index contributed by atoms with van der Waals surface area (Å²) in [5.41, 5.74) is 0.755. The van der Waals surface area contributed by atoms with Crippen LogP contribution in [0.25, 0.3) is 0 Å². The van der Waals surface area contributed by atoms with Gasteiger partial charge in [0, 0.05) is 12.5 Å². The minimum absolute atomic E-state index is 0.270. The molecule has 5 heteroatoms. The second kappa shape index (κ2) is 7.47. The van der Waals surface area contributed by atoms with E-state index in [0.29, 0.717) is 24.0 Å². The second-order valence-electron chi connectivity index (χ2n) is 4.90. The average molecular weight is 282 g/mol. The molecular weight excluding hydrogens is 260 g/mol. The number of aliphatic hydroxyl groups is 1. The highest BCUT2D eigenvalue weighted by atomic mass is 16.5. The third kappa shape index (κ3) is 3.85. The Labute approximate surface area is 119 Å². The van der Waals surface area contributed by atoms with Gasteiger partial charge in [0.1, 0.15) is 6.10 Å². The summed E-state index contributed by atoms with van der Waals surface area (Å²) >= 11 is 0. The SMILES string of the molecule is COc1ccc(C(O)COCC2CCOC2)cc1OC. The predicted octanol–water partition coefficient (Wildman–Crippen LogP) is 1.79. The molecule has 2 atom stereocenters. The standard InChI is InChI=1S/C15H22O5/c1-17-14-4-3-12(7-15(14)18-2)13(16)10-20-9-11-5-6-19-8-11/h3-4,7,11,13,16H,5-6,8-10H2,1-2H3. The molecule has 0 aromatic heterocycles. The molecule has 5 nitrogen and oxygen atoms in total. The van der Waals surface area contributed by atoms with Crippen LogP contribution in [-0.4, -0.2) is 45.8 Å². The number of methoxy groups -OCH3 is 2. The van der Waals surface area contributed by atoms with Gasteiger partial charge in [0.25, 0.3) is 0 Å². The number of benzene rings is 1. The van der Waals surface area contributed by atoms with E-state index < -0.39 is 6.10 Å². The summed E-state index contributed by atoms with van der Waals surface area (Å²) in [6.45, 7) is 2.47. The van der Waals surface area contributed by atoms with E-state index in [4.69, 9.17) is 18.9 Å². The predicted molar refractivity (Wildman–Crippen MR) is 74.3 cm³/mol. The Morgan fingerprint density at radius 1 is 1.30 bits per heavy atom. The molecule has 1 aromatic carbocycles. The highest BCUT2D eigenvalue weighted by Gasteiger charge is 2.17. The summed E-state index contributed by atoms with van der Waals surface area (Å²) in [7, 11) is 3.16. The lowest BCUT2D eigenvalue weighted by Gasteiger charge is -2.15. The van der Waals surface area contributed by atoms with E-state index in [9.17, 15) is 5.11 Å². The molecule has 0 saturated carbocycles. The fraction of sp³-hybridized carbons (Fsp3) is 0.600. The third-order valence-corrected chi connectivity index (χ3v) is 3.45. The molecule has 1 N–H and O–H groups in total. The van der Waals surface area contributed by atoms with Gasteiger partial charge in [-0.1, -0.05) is 6.07 Å². The van der Waals surface area contributed by atoms with Crippen LogP contribution in [0.15, 0.2) is 18.2 Å². The van der Waals surface area contributed by atoms with E-state index >= 15 is 0 Å². The van der Waals surface area contributed by atoms with Gasteiger partial charge < -0.3 is 24.1 Å². The smallest absolute Gasteiger partial charge is 0.161 e. The van der Waals surface area contributed by atoms with Crippen molar-refractivity contribution < 1.29 is 24.1 Å². The van der Waals surface area contributed by atoms with Crippen LogP contribution in [0.1, 0.15) is 18.1 Å². The highest BCUT2D eigenvalue weighted by molar-refractivity contribution is 5.43. The Hall–Kier alpha value is -1.30. The van der Waals surface area contributed by atoms with Crippen molar-refractivity contribution >= 4 is 0 Å². The fourth-order valence-corrected chi connectivity index (χ4v) is 2.22. The molecule has 1 aromatic rings. The molecule has 1 aliphatic rings. The van der Waals surface area contributed by atoms with Crippen LogP contribution in [0.2, 0.25) is 0 Å². The summed E-state index contributed by atoms with van der Waals surface area (Å²) in [5.74, 6) is 1.70. The summed E-state index contributed by atoms with van der Waals surface area (Å²) < 4.78 is 21.2. The summed E-state index contributed by atoms with van der Waals surface area (Å²) in [6.07, 6.45) is 0.365. The Kier molecular flexibility index (Phi) is 5.64. The van der Waals surface area contributed by atoms with E-state index in [-0.39, 0.29) is 6.61 Å². The molecule has 1 heterocycles. The van der Waals surface area contributed by atoms with Crippen LogP contribution in [0, 0.1) is 5.92 Å². The zero-order chi connectivity index (χ0) is 14.4. The van der Waals surface area contributed by atoms with Gasteiger partial charge >= 0.3 is 0 Å². The zero-order valence-corrected chi connectivity index (χ0v) is 12.0. The normalized spacial score (nSPS) is 19.9. The van der Waals surface area contributed by atoms with E-state index in [1.165, 1.54) is 0 Å². The van der Waals surface area contributed by atoms with Gasteiger partial charge in [0.15, 0.2) is 11.5 Å². The molecular formula is C15H22O5. The molecule has 1 aliphatic heterocycles. The Morgan fingerprint density at radius 2 is 2.10 bits per heavy atom. The van der Waals surface area contributed by atoms with Gasteiger partial charge in [-0.05, 0) is 24.1 Å². The molecule has 0 amide bonds. The van der Waals surface area contributed by atoms with E-state index in [1.807, 2.05) is 6.07 Å². The van der Waals surface area contributed by atoms with E-state index in [2.05, 4.69) is 0 Å². The van der Waals surface area contributed by atoms with Crippen molar-refractivity contribution in [2.45, 2.75) is 12.5 Å². The Balaban J connectivity index is 1.86. The van der Waals surface area contributed by atoms with Crippen molar-refractivity contribution in [2.75, 3.05) is 40.6 Å². The maximum absolute atomic E-state index is 10.1. The lowest BCUT2D eigenvalue weighted by atomic mass is 10.1. The molecule has 0 spiro atoms. The molecule has 2 rings (SSSR count). The minimum Gasteiger partial charge on any atom is -0.493 e. The minimum atomic E-state index is -0.669. The number of hydrogen-bond acceptors (Lipinski definition) is 5. The maximum atomic E-state index is 10.1. The zero-order valence-electron chi connectivity index (χ0n) is 12.0. The molecule has 0 aliphatic carbocycles. The van der Waals surface area contributed by atoms with Gasteiger partial charge in [0.05, 0.1) is 34.0 Å². The van der Waals surface area contributed by atoms with Crippen LogP contribution in [0.5, 0.6) is 11.5 Å².